The van der Waals surface area contributed by atoms with Crippen LogP contribution >= 0.6 is 11.6 Å². The third kappa shape index (κ3) is 2.13. The van der Waals surface area contributed by atoms with Crippen molar-refractivity contribution in [3.8, 4) is 6.07 Å². The predicted octanol–water partition coefficient (Wildman–Crippen LogP) is 2.74. The molecule has 68 valence electrons. The summed E-state index contributed by atoms with van der Waals surface area (Å²) in [6.45, 7) is 0. The lowest BCUT2D eigenvalue weighted by Gasteiger charge is -2.04. The summed E-state index contributed by atoms with van der Waals surface area (Å²) >= 11 is 5.61. The minimum atomic E-state index is -2.65. The number of halogens is 3. The average molecular weight is 203 g/mol. The lowest BCUT2D eigenvalue weighted by molar-refractivity contribution is 0.151. The average Bonchev–Trinajstić information content (AvgIpc) is 2.08. The Morgan fingerprint density at radius 3 is 2.77 bits per heavy atom. The molecule has 0 bridgehead atoms. The van der Waals surface area contributed by atoms with Gasteiger partial charge in [-0.25, -0.2) is 8.78 Å². The molecule has 0 fully saturated rings. The van der Waals surface area contributed by atoms with Gasteiger partial charge in [0.2, 0.25) is 0 Å². The van der Waals surface area contributed by atoms with Crippen LogP contribution in [0.5, 0.6) is 0 Å². The van der Waals surface area contributed by atoms with Crippen LogP contribution in [0.25, 0.3) is 0 Å². The number of nitrogens with zero attached hydrogens (tertiary/aromatic N) is 2. The molecule has 0 unspecified atom stereocenters. The zero-order chi connectivity index (χ0) is 9.84. The Balaban J connectivity index is 3.12. The number of nitriles is 1. The first-order valence-electron chi connectivity index (χ1n) is 3.44. The molecule has 5 heteroatoms. The maximum Gasteiger partial charge on any atom is 0.266 e. The summed E-state index contributed by atoms with van der Waals surface area (Å²) in [5.74, 6) is 0. The van der Waals surface area contributed by atoms with Gasteiger partial charge in [0.15, 0.2) is 0 Å². The van der Waals surface area contributed by atoms with Gasteiger partial charge in [0.1, 0.15) is 0 Å². The molecular weight excluding hydrogens is 198 g/mol. The van der Waals surface area contributed by atoms with E-state index in [0.29, 0.717) is 5.56 Å². The highest BCUT2D eigenvalue weighted by Crippen LogP contribution is 2.28. The molecule has 1 rings (SSSR count). The van der Waals surface area contributed by atoms with Crippen molar-refractivity contribution < 1.29 is 8.78 Å². The largest absolute Gasteiger partial charge is 0.266 e. The molecular formula is C8H5ClF2N2. The Bertz CT molecular complexity index is 346. The second-order valence-corrected chi connectivity index (χ2v) is 2.72. The van der Waals surface area contributed by atoms with Crippen LogP contribution < -0.4 is 0 Å². The van der Waals surface area contributed by atoms with Crippen molar-refractivity contribution in [2.45, 2.75) is 12.8 Å². The maximum atomic E-state index is 12.2. The summed E-state index contributed by atoms with van der Waals surface area (Å²) in [6.07, 6.45) is -0.337. The van der Waals surface area contributed by atoms with E-state index in [9.17, 15) is 8.78 Å². The highest BCUT2D eigenvalue weighted by molar-refractivity contribution is 6.32. The predicted molar refractivity (Wildman–Crippen MR) is 43.5 cm³/mol. The molecule has 0 saturated carbocycles. The standard InChI is InChI=1S/C8H5ClF2N2/c9-7-5(1-2-12)3-13-4-6(7)8(10)11/h3-4,8H,1H2. The van der Waals surface area contributed by atoms with Crippen molar-refractivity contribution in [2.24, 2.45) is 0 Å². The van der Waals surface area contributed by atoms with Gasteiger partial charge in [-0.15, -0.1) is 0 Å². The molecule has 13 heavy (non-hydrogen) atoms. The van der Waals surface area contributed by atoms with E-state index in [1.807, 2.05) is 6.07 Å². The minimum absolute atomic E-state index is 0.00755. The third-order valence-electron chi connectivity index (χ3n) is 1.48. The van der Waals surface area contributed by atoms with Crippen LogP contribution in [0.3, 0.4) is 0 Å². The normalized spacial score (nSPS) is 10.1. The molecule has 1 aromatic heterocycles. The van der Waals surface area contributed by atoms with E-state index in [4.69, 9.17) is 16.9 Å². The fourth-order valence-corrected chi connectivity index (χ4v) is 1.11. The quantitative estimate of drug-likeness (QED) is 0.740. The van der Waals surface area contributed by atoms with Crippen LogP contribution in [0.15, 0.2) is 12.4 Å². The van der Waals surface area contributed by atoms with E-state index >= 15 is 0 Å². The van der Waals surface area contributed by atoms with Crippen molar-refractivity contribution in [3.63, 3.8) is 0 Å². The van der Waals surface area contributed by atoms with Gasteiger partial charge in [-0.3, -0.25) is 4.98 Å². The topological polar surface area (TPSA) is 36.7 Å². The molecule has 0 radical (unpaired) electrons. The molecule has 0 aliphatic heterocycles. The summed E-state index contributed by atoms with van der Waals surface area (Å²) in [4.78, 5) is 3.57. The number of aromatic nitrogens is 1. The van der Waals surface area contributed by atoms with E-state index in [2.05, 4.69) is 4.98 Å². The molecule has 0 aliphatic rings. The maximum absolute atomic E-state index is 12.2. The van der Waals surface area contributed by atoms with Gasteiger partial charge < -0.3 is 0 Å². The van der Waals surface area contributed by atoms with E-state index in [1.54, 1.807) is 0 Å². The Morgan fingerprint density at radius 2 is 2.23 bits per heavy atom. The second-order valence-electron chi connectivity index (χ2n) is 2.34. The van der Waals surface area contributed by atoms with Crippen molar-refractivity contribution in [2.75, 3.05) is 0 Å². The monoisotopic (exact) mass is 202 g/mol. The number of rotatable bonds is 2. The first-order valence-corrected chi connectivity index (χ1v) is 3.82. The molecule has 1 heterocycles. The number of hydrogen-bond donors (Lipinski definition) is 0. The molecule has 1 aromatic rings. The van der Waals surface area contributed by atoms with E-state index in [0.717, 1.165) is 6.20 Å². The van der Waals surface area contributed by atoms with E-state index in [1.165, 1.54) is 6.20 Å². The van der Waals surface area contributed by atoms with Gasteiger partial charge in [-0.2, -0.15) is 5.26 Å². The molecule has 0 atom stereocenters. The SMILES string of the molecule is N#CCc1cncc(C(F)F)c1Cl. The summed E-state index contributed by atoms with van der Waals surface area (Å²) < 4.78 is 24.5. The summed E-state index contributed by atoms with van der Waals surface area (Å²) in [7, 11) is 0. The highest BCUT2D eigenvalue weighted by Gasteiger charge is 2.14. The van der Waals surface area contributed by atoms with Crippen molar-refractivity contribution in [1.82, 2.24) is 4.98 Å². The summed E-state index contributed by atoms with van der Waals surface area (Å²) in [6, 6.07) is 1.82. The molecule has 0 amide bonds. The van der Waals surface area contributed by atoms with Crippen LogP contribution in [0.4, 0.5) is 8.78 Å². The molecule has 0 spiro atoms. The Kier molecular flexibility index (Phi) is 3.15. The van der Waals surface area contributed by atoms with Crippen LogP contribution in [0.2, 0.25) is 5.02 Å². The first-order chi connectivity index (χ1) is 6.16. The number of alkyl halides is 2. The van der Waals surface area contributed by atoms with Crippen molar-refractivity contribution >= 4 is 11.6 Å². The number of pyridine rings is 1. The molecule has 0 N–H and O–H groups in total. The highest BCUT2D eigenvalue weighted by atomic mass is 35.5. The van der Waals surface area contributed by atoms with Gasteiger partial charge in [0.05, 0.1) is 23.1 Å². The van der Waals surface area contributed by atoms with Crippen LogP contribution in [0.1, 0.15) is 17.6 Å². The van der Waals surface area contributed by atoms with E-state index in [-0.39, 0.29) is 17.0 Å². The van der Waals surface area contributed by atoms with E-state index < -0.39 is 6.43 Å². The zero-order valence-corrected chi connectivity index (χ0v) is 7.22. The zero-order valence-electron chi connectivity index (χ0n) is 6.47. The van der Waals surface area contributed by atoms with Gasteiger partial charge in [-0.05, 0) is 0 Å². The second kappa shape index (κ2) is 4.15. The summed E-state index contributed by atoms with van der Waals surface area (Å²) in [5.41, 5.74) is 0.0105. The third-order valence-corrected chi connectivity index (χ3v) is 1.94. The molecule has 2 nitrogen and oxygen atoms in total. The van der Waals surface area contributed by atoms with Gasteiger partial charge in [0.25, 0.3) is 6.43 Å². The van der Waals surface area contributed by atoms with Crippen LogP contribution in [0, 0.1) is 11.3 Å². The lowest BCUT2D eigenvalue weighted by Crippen LogP contribution is -1.93. The smallest absolute Gasteiger partial charge is 0.264 e. The lowest BCUT2D eigenvalue weighted by atomic mass is 10.1. The van der Waals surface area contributed by atoms with Crippen molar-refractivity contribution in [3.05, 3.63) is 28.5 Å². The fourth-order valence-electron chi connectivity index (χ4n) is 0.867. The molecule has 0 aliphatic carbocycles. The first kappa shape index (κ1) is 9.87. The van der Waals surface area contributed by atoms with Crippen LogP contribution in [-0.2, 0) is 6.42 Å². The molecule has 0 saturated heterocycles. The van der Waals surface area contributed by atoms with Gasteiger partial charge >= 0.3 is 0 Å². The van der Waals surface area contributed by atoms with Crippen LogP contribution in [-0.4, -0.2) is 4.98 Å². The van der Waals surface area contributed by atoms with Gasteiger partial charge in [-0.1, -0.05) is 11.6 Å². The number of hydrogen-bond acceptors (Lipinski definition) is 2. The van der Waals surface area contributed by atoms with Crippen molar-refractivity contribution in [1.29, 1.82) is 5.26 Å². The molecule has 0 aromatic carbocycles. The van der Waals surface area contributed by atoms with Gasteiger partial charge in [0, 0.05) is 18.0 Å². The minimum Gasteiger partial charge on any atom is -0.264 e. The fraction of sp³-hybridized carbons (Fsp3) is 0.250. The Morgan fingerprint density at radius 1 is 1.54 bits per heavy atom. The Hall–Kier alpha value is -1.21. The Labute approximate surface area is 78.8 Å². The summed E-state index contributed by atoms with van der Waals surface area (Å²) in [5, 5.41) is 8.29.